The number of carbonyl (C=O) groups excluding carboxylic acids is 1. The molecule has 0 fully saturated rings. The summed E-state index contributed by atoms with van der Waals surface area (Å²) in [6.45, 7) is 0.414. The zero-order valence-electron chi connectivity index (χ0n) is 13.4. The first kappa shape index (κ1) is 17.2. The first-order valence-electron chi connectivity index (χ1n) is 7.56. The second-order valence-corrected chi connectivity index (χ2v) is 6.28. The van der Waals surface area contributed by atoms with E-state index in [1.807, 2.05) is 30.3 Å². The number of carbonyl (C=O) groups is 1. The molecule has 0 radical (unpaired) electrons. The van der Waals surface area contributed by atoms with Crippen molar-refractivity contribution in [3.8, 4) is 5.75 Å². The van der Waals surface area contributed by atoms with Crippen LogP contribution in [-0.2, 0) is 17.7 Å². The van der Waals surface area contributed by atoms with E-state index in [-0.39, 0.29) is 17.0 Å². The van der Waals surface area contributed by atoms with Crippen molar-refractivity contribution in [1.29, 1.82) is 0 Å². The maximum atomic E-state index is 12.5. The quantitative estimate of drug-likeness (QED) is 0.678. The second-order valence-electron chi connectivity index (χ2n) is 5.43. The van der Waals surface area contributed by atoms with E-state index in [9.17, 15) is 14.7 Å². The lowest BCUT2D eigenvalue weighted by Gasteiger charge is -2.13. The van der Waals surface area contributed by atoms with E-state index in [1.54, 1.807) is 0 Å². The molecule has 6 nitrogen and oxygen atoms in total. The molecule has 0 unspecified atom stereocenters. The van der Waals surface area contributed by atoms with Crippen LogP contribution in [0.25, 0.3) is 10.9 Å². The number of rotatable bonds is 4. The Balaban J connectivity index is 2.11. The first-order chi connectivity index (χ1) is 12.0. The molecular weight excluding hydrogens is 388 g/mol. The summed E-state index contributed by atoms with van der Waals surface area (Å²) in [6, 6.07) is 11.3. The van der Waals surface area contributed by atoms with E-state index in [2.05, 4.69) is 25.7 Å². The van der Waals surface area contributed by atoms with Crippen LogP contribution in [0.4, 0.5) is 0 Å². The minimum Gasteiger partial charge on any atom is -0.505 e. The normalized spacial score (nSPS) is 10.8. The molecule has 128 valence electrons. The van der Waals surface area contributed by atoms with Crippen molar-refractivity contribution in [2.45, 2.75) is 13.0 Å². The highest BCUT2D eigenvalue weighted by molar-refractivity contribution is 9.10. The Bertz CT molecular complexity index is 999. The van der Waals surface area contributed by atoms with Crippen LogP contribution >= 0.6 is 15.9 Å². The summed E-state index contributed by atoms with van der Waals surface area (Å²) in [6.07, 6.45) is 2.05. The number of aryl methyl sites for hydroxylation is 2. The number of pyridine rings is 2. The van der Waals surface area contributed by atoms with Gasteiger partial charge in [-0.1, -0.05) is 30.3 Å². The number of hydrogen-bond donors (Lipinski definition) is 1. The summed E-state index contributed by atoms with van der Waals surface area (Å²) in [4.78, 5) is 28.2. The van der Waals surface area contributed by atoms with Gasteiger partial charge in [0.2, 0.25) is 0 Å². The maximum absolute atomic E-state index is 12.5. The lowest BCUT2D eigenvalue weighted by atomic mass is 10.1. The highest BCUT2D eigenvalue weighted by atomic mass is 79.9. The molecule has 0 saturated carbocycles. The van der Waals surface area contributed by atoms with Gasteiger partial charge >= 0.3 is 5.97 Å². The predicted octanol–water partition coefficient (Wildman–Crippen LogP) is 2.89. The molecule has 0 spiro atoms. The average Bonchev–Trinajstić information content (AvgIpc) is 2.63. The number of methoxy groups -OCH3 is 1. The Morgan fingerprint density at radius 1 is 1.32 bits per heavy atom. The van der Waals surface area contributed by atoms with Crippen LogP contribution in [0.15, 0.2) is 51.9 Å². The van der Waals surface area contributed by atoms with Crippen LogP contribution in [0.5, 0.6) is 5.75 Å². The number of fused-ring (bicyclic) bond motifs is 1. The minimum absolute atomic E-state index is 0.185. The summed E-state index contributed by atoms with van der Waals surface area (Å²) >= 11 is 3.23. The van der Waals surface area contributed by atoms with E-state index < -0.39 is 5.97 Å². The largest absolute Gasteiger partial charge is 0.505 e. The van der Waals surface area contributed by atoms with Crippen LogP contribution in [0.1, 0.15) is 16.1 Å². The molecular formula is C18H15BrN2O4. The van der Waals surface area contributed by atoms with E-state index in [0.717, 1.165) is 5.56 Å². The molecule has 0 atom stereocenters. The molecule has 1 N–H and O–H groups in total. The lowest BCUT2D eigenvalue weighted by molar-refractivity contribution is 0.0591. The van der Waals surface area contributed by atoms with Gasteiger partial charge in [-0.25, -0.2) is 9.78 Å². The number of benzene rings is 1. The Morgan fingerprint density at radius 2 is 2.04 bits per heavy atom. The molecule has 3 rings (SSSR count). The van der Waals surface area contributed by atoms with Gasteiger partial charge in [0.1, 0.15) is 0 Å². The van der Waals surface area contributed by atoms with Crippen LogP contribution < -0.4 is 5.56 Å². The van der Waals surface area contributed by atoms with Crippen molar-refractivity contribution in [1.82, 2.24) is 9.55 Å². The van der Waals surface area contributed by atoms with Crippen molar-refractivity contribution in [2.24, 2.45) is 0 Å². The molecule has 0 bridgehead atoms. The van der Waals surface area contributed by atoms with Gasteiger partial charge in [-0.2, -0.15) is 0 Å². The molecule has 1 aromatic carbocycles. The SMILES string of the molecule is COC(=O)c1ncc2c(cc(Br)c(=O)n2CCc2ccccc2)c1O. The maximum Gasteiger partial charge on any atom is 0.360 e. The van der Waals surface area contributed by atoms with E-state index in [1.165, 1.54) is 23.9 Å². The number of halogens is 1. The fourth-order valence-electron chi connectivity index (χ4n) is 2.64. The zero-order valence-corrected chi connectivity index (χ0v) is 15.0. The molecule has 0 aliphatic carbocycles. The van der Waals surface area contributed by atoms with Crippen LogP contribution in [0, 0.1) is 0 Å². The molecule has 2 heterocycles. The molecule has 0 saturated heterocycles. The smallest absolute Gasteiger partial charge is 0.360 e. The van der Waals surface area contributed by atoms with Crippen LogP contribution in [-0.4, -0.2) is 27.7 Å². The zero-order chi connectivity index (χ0) is 18.0. The Morgan fingerprint density at radius 3 is 2.72 bits per heavy atom. The van der Waals surface area contributed by atoms with Gasteiger partial charge in [-0.3, -0.25) is 4.79 Å². The standard InChI is InChI=1S/C18H15BrN2O4/c1-25-18(24)15-16(22)12-9-13(19)17(23)21(14(12)10-20-15)8-7-11-5-3-2-4-6-11/h2-6,9-10,22H,7-8H2,1H3. The number of ether oxygens (including phenoxy) is 1. The molecule has 0 amide bonds. The summed E-state index contributed by atoms with van der Waals surface area (Å²) < 4.78 is 6.44. The van der Waals surface area contributed by atoms with Gasteiger partial charge < -0.3 is 14.4 Å². The van der Waals surface area contributed by atoms with E-state index in [0.29, 0.717) is 28.3 Å². The number of aromatic nitrogens is 2. The van der Waals surface area contributed by atoms with Crippen molar-refractivity contribution < 1.29 is 14.6 Å². The summed E-state index contributed by atoms with van der Waals surface area (Å²) in [7, 11) is 1.21. The number of nitrogens with zero attached hydrogens (tertiary/aromatic N) is 2. The predicted molar refractivity (Wildman–Crippen MR) is 96.9 cm³/mol. The van der Waals surface area contributed by atoms with Crippen molar-refractivity contribution in [2.75, 3.05) is 7.11 Å². The molecule has 3 aromatic rings. The first-order valence-corrected chi connectivity index (χ1v) is 8.35. The summed E-state index contributed by atoms with van der Waals surface area (Å²) in [5.74, 6) is -1.05. The molecule has 7 heteroatoms. The van der Waals surface area contributed by atoms with Crippen molar-refractivity contribution in [3.63, 3.8) is 0 Å². The van der Waals surface area contributed by atoms with Gasteiger partial charge in [0.15, 0.2) is 11.4 Å². The molecule has 0 aliphatic rings. The minimum atomic E-state index is -0.738. The van der Waals surface area contributed by atoms with Crippen LogP contribution in [0.3, 0.4) is 0 Å². The molecule has 0 aliphatic heterocycles. The average molecular weight is 403 g/mol. The molecule has 25 heavy (non-hydrogen) atoms. The third-order valence-corrected chi connectivity index (χ3v) is 4.50. The van der Waals surface area contributed by atoms with Gasteiger partial charge in [-0.05, 0) is 34.0 Å². The Labute approximate surface area is 151 Å². The van der Waals surface area contributed by atoms with Crippen LogP contribution in [0.2, 0.25) is 0 Å². The van der Waals surface area contributed by atoms with Crippen molar-refractivity contribution >= 4 is 32.8 Å². The highest BCUT2D eigenvalue weighted by Gasteiger charge is 2.19. The fraction of sp³-hybridized carbons (Fsp3) is 0.167. The van der Waals surface area contributed by atoms with Gasteiger partial charge in [0.25, 0.3) is 5.56 Å². The third-order valence-electron chi connectivity index (χ3n) is 3.93. The third kappa shape index (κ3) is 3.28. The topological polar surface area (TPSA) is 81.4 Å². The lowest BCUT2D eigenvalue weighted by Crippen LogP contribution is -2.22. The van der Waals surface area contributed by atoms with Gasteiger partial charge in [0.05, 0.1) is 23.3 Å². The monoisotopic (exact) mass is 402 g/mol. The summed E-state index contributed by atoms with van der Waals surface area (Å²) in [5.41, 5.74) is 1.13. The van der Waals surface area contributed by atoms with E-state index >= 15 is 0 Å². The fourth-order valence-corrected chi connectivity index (χ4v) is 3.09. The highest BCUT2D eigenvalue weighted by Crippen LogP contribution is 2.28. The number of aromatic hydroxyl groups is 1. The Kier molecular flexibility index (Phi) is 4.85. The van der Waals surface area contributed by atoms with E-state index in [4.69, 9.17) is 0 Å². The summed E-state index contributed by atoms with van der Waals surface area (Å²) in [5, 5.41) is 10.7. The molecule has 2 aromatic heterocycles. The second kappa shape index (κ2) is 7.06. The number of hydrogen-bond acceptors (Lipinski definition) is 5. The van der Waals surface area contributed by atoms with Crippen molar-refractivity contribution in [3.05, 3.63) is 68.7 Å². The Hall–Kier alpha value is -2.67. The van der Waals surface area contributed by atoms with Gasteiger partial charge in [0, 0.05) is 11.9 Å². The number of esters is 1. The van der Waals surface area contributed by atoms with Gasteiger partial charge in [-0.15, -0.1) is 0 Å².